The van der Waals surface area contributed by atoms with E-state index in [1.165, 1.54) is 0 Å². The number of carbonyl (C=O) groups excluding carboxylic acids is 2. The smallest absolute Gasteiger partial charge is 0.267 e. The van der Waals surface area contributed by atoms with Crippen molar-refractivity contribution in [3.05, 3.63) is 105 Å². The summed E-state index contributed by atoms with van der Waals surface area (Å²) in [5.74, 6) is -0.514. The summed E-state index contributed by atoms with van der Waals surface area (Å²) in [6.45, 7) is 7.94. The molecule has 0 bridgehead atoms. The highest BCUT2D eigenvalue weighted by Crippen LogP contribution is 2.10. The van der Waals surface area contributed by atoms with Crippen molar-refractivity contribution in [2.75, 3.05) is 0 Å². The molecule has 32 heavy (non-hydrogen) atoms. The second-order valence-corrected chi connectivity index (χ2v) is 7.66. The largest absolute Gasteiger partial charge is 0.271 e. The van der Waals surface area contributed by atoms with Crippen LogP contribution in [0.3, 0.4) is 0 Å². The Bertz CT molecular complexity index is 1100. The van der Waals surface area contributed by atoms with Crippen LogP contribution < -0.4 is 10.9 Å². The molecule has 162 valence electrons. The van der Waals surface area contributed by atoms with Crippen LogP contribution in [0.1, 0.15) is 54.1 Å². The molecule has 0 spiro atoms. The van der Waals surface area contributed by atoms with Crippen molar-refractivity contribution in [1.82, 2.24) is 10.9 Å². The molecule has 3 aromatic rings. The molecule has 0 aliphatic rings. The minimum atomic E-state index is -0.257. The Morgan fingerprint density at radius 3 is 1.31 bits per heavy atom. The van der Waals surface area contributed by atoms with Crippen LogP contribution in [0.5, 0.6) is 0 Å². The van der Waals surface area contributed by atoms with Crippen LogP contribution in [-0.4, -0.2) is 24.2 Å². The first-order valence-corrected chi connectivity index (χ1v) is 10.2. The Morgan fingerprint density at radius 2 is 0.969 bits per heavy atom. The maximum absolute atomic E-state index is 12.2. The lowest BCUT2D eigenvalue weighted by Gasteiger charge is -2.04. The van der Waals surface area contributed by atoms with E-state index < -0.39 is 0 Å². The number of amides is 2. The van der Waals surface area contributed by atoms with Gasteiger partial charge in [-0.2, -0.15) is 10.2 Å². The van der Waals surface area contributed by atoms with Crippen LogP contribution in [0.2, 0.25) is 0 Å². The topological polar surface area (TPSA) is 82.9 Å². The zero-order valence-electron chi connectivity index (χ0n) is 18.6. The molecule has 0 aromatic heterocycles. The highest BCUT2D eigenvalue weighted by molar-refractivity contribution is 5.96. The fraction of sp³-hybridized carbons (Fsp3) is 0.154. The van der Waals surface area contributed by atoms with Crippen LogP contribution in [0, 0.1) is 27.7 Å². The van der Waals surface area contributed by atoms with Gasteiger partial charge in [-0.3, -0.25) is 9.59 Å². The van der Waals surface area contributed by atoms with E-state index in [4.69, 9.17) is 0 Å². The van der Waals surface area contributed by atoms with Crippen LogP contribution >= 0.6 is 0 Å². The van der Waals surface area contributed by atoms with Gasteiger partial charge >= 0.3 is 0 Å². The maximum Gasteiger partial charge on any atom is 0.271 e. The number of benzene rings is 3. The molecule has 0 aliphatic heterocycles. The molecule has 0 heterocycles. The van der Waals surface area contributed by atoms with E-state index in [-0.39, 0.29) is 11.8 Å². The van der Waals surface area contributed by atoms with E-state index in [2.05, 4.69) is 21.1 Å². The summed E-state index contributed by atoms with van der Waals surface area (Å²) in [5, 5.41) is 8.03. The summed E-state index contributed by atoms with van der Waals surface area (Å²) in [4.78, 5) is 24.4. The third-order valence-corrected chi connectivity index (χ3v) is 5.23. The highest BCUT2D eigenvalue weighted by atomic mass is 16.2. The van der Waals surface area contributed by atoms with E-state index in [9.17, 15) is 9.59 Å². The van der Waals surface area contributed by atoms with Gasteiger partial charge in [0, 0.05) is 11.1 Å². The van der Waals surface area contributed by atoms with Crippen LogP contribution in [0.25, 0.3) is 0 Å². The molecule has 6 nitrogen and oxygen atoms in total. The maximum atomic E-state index is 12.2. The first-order valence-electron chi connectivity index (χ1n) is 10.2. The van der Waals surface area contributed by atoms with Gasteiger partial charge in [0.1, 0.15) is 0 Å². The summed E-state index contributed by atoms with van der Waals surface area (Å²) in [6, 6.07) is 18.4. The monoisotopic (exact) mass is 426 g/mol. The molecule has 0 aliphatic carbocycles. The quantitative estimate of drug-likeness (QED) is 0.451. The Hall–Kier alpha value is -4.06. The summed E-state index contributed by atoms with van der Waals surface area (Å²) in [7, 11) is 0. The number of hydrazone groups is 2. The molecule has 3 aromatic carbocycles. The Kier molecular flexibility index (Phi) is 7.29. The fourth-order valence-electron chi connectivity index (χ4n) is 2.89. The summed E-state index contributed by atoms with van der Waals surface area (Å²) in [6.07, 6.45) is 3.14. The molecule has 0 saturated heterocycles. The Morgan fingerprint density at radius 1 is 0.594 bits per heavy atom. The molecule has 2 N–H and O–H groups in total. The second kappa shape index (κ2) is 10.3. The van der Waals surface area contributed by atoms with Gasteiger partial charge in [0.05, 0.1) is 12.4 Å². The van der Waals surface area contributed by atoms with Gasteiger partial charge in [-0.1, -0.05) is 36.4 Å². The van der Waals surface area contributed by atoms with Gasteiger partial charge in [-0.05, 0) is 85.3 Å². The van der Waals surface area contributed by atoms with Crippen molar-refractivity contribution < 1.29 is 9.59 Å². The second-order valence-electron chi connectivity index (χ2n) is 7.66. The third-order valence-electron chi connectivity index (χ3n) is 5.23. The predicted octanol–water partition coefficient (Wildman–Crippen LogP) is 4.45. The lowest BCUT2D eigenvalue weighted by atomic mass is 10.1. The number of hydrogen-bond acceptors (Lipinski definition) is 4. The van der Waals surface area contributed by atoms with E-state index >= 15 is 0 Å². The summed E-state index contributed by atoms with van der Waals surface area (Å²) < 4.78 is 0. The molecular weight excluding hydrogens is 400 g/mol. The highest BCUT2D eigenvalue weighted by Gasteiger charge is 2.06. The first-order chi connectivity index (χ1) is 15.3. The minimum Gasteiger partial charge on any atom is -0.267 e. The molecule has 0 fully saturated rings. The van der Waals surface area contributed by atoms with Crippen LogP contribution in [-0.2, 0) is 0 Å². The molecule has 6 heteroatoms. The van der Waals surface area contributed by atoms with Gasteiger partial charge < -0.3 is 0 Å². The Labute approximate surface area is 188 Å². The minimum absolute atomic E-state index is 0.257. The lowest BCUT2D eigenvalue weighted by molar-refractivity contribution is 0.0947. The molecule has 0 saturated carbocycles. The van der Waals surface area contributed by atoms with Crippen LogP contribution in [0.4, 0.5) is 0 Å². The number of nitrogens with one attached hydrogen (secondary N) is 2. The van der Waals surface area contributed by atoms with Gasteiger partial charge in [0.25, 0.3) is 11.8 Å². The van der Waals surface area contributed by atoms with Gasteiger partial charge in [0.15, 0.2) is 0 Å². The van der Waals surface area contributed by atoms with Crippen LogP contribution in [0.15, 0.2) is 70.9 Å². The Balaban J connectivity index is 1.52. The van der Waals surface area contributed by atoms with Gasteiger partial charge in [-0.25, -0.2) is 10.9 Å². The van der Waals surface area contributed by atoms with Crippen molar-refractivity contribution in [2.45, 2.75) is 27.7 Å². The SMILES string of the molecule is Cc1ccc(C(=O)N/N=C/c2ccc(/C=N/NC(=O)c3ccc(C)c(C)c3)cc2)cc1C. The summed E-state index contributed by atoms with van der Waals surface area (Å²) >= 11 is 0. The van der Waals surface area contributed by atoms with Gasteiger partial charge in [0.2, 0.25) is 0 Å². The van der Waals surface area contributed by atoms with Crippen molar-refractivity contribution in [2.24, 2.45) is 10.2 Å². The van der Waals surface area contributed by atoms with E-state index in [1.54, 1.807) is 24.6 Å². The zero-order chi connectivity index (χ0) is 23.1. The average molecular weight is 427 g/mol. The van der Waals surface area contributed by atoms with Crippen molar-refractivity contribution in [3.63, 3.8) is 0 Å². The standard InChI is InChI=1S/C26H26N4O2/c1-17-5-11-23(13-19(17)3)25(31)29-27-15-21-7-9-22(10-8-21)16-28-30-26(32)24-12-6-18(2)20(4)14-24/h5-16H,1-4H3,(H,29,31)(H,30,32)/b27-15+,28-16+. The third kappa shape index (κ3) is 5.98. The first kappa shape index (κ1) is 22.6. The molecule has 2 amide bonds. The zero-order valence-corrected chi connectivity index (χ0v) is 18.6. The number of aryl methyl sites for hydroxylation is 4. The number of carbonyl (C=O) groups is 2. The van der Waals surface area contributed by atoms with E-state index in [1.807, 2.05) is 76.2 Å². The number of nitrogens with zero attached hydrogens (tertiary/aromatic N) is 2. The molecule has 0 unspecified atom stereocenters. The van der Waals surface area contributed by atoms with E-state index in [0.29, 0.717) is 11.1 Å². The summed E-state index contributed by atoms with van der Waals surface area (Å²) in [5.41, 5.74) is 12.2. The van der Waals surface area contributed by atoms with Gasteiger partial charge in [-0.15, -0.1) is 0 Å². The molecule has 0 radical (unpaired) electrons. The van der Waals surface area contributed by atoms with Crippen molar-refractivity contribution >= 4 is 24.2 Å². The van der Waals surface area contributed by atoms with Crippen molar-refractivity contribution in [1.29, 1.82) is 0 Å². The average Bonchev–Trinajstić information content (AvgIpc) is 2.78. The number of rotatable bonds is 6. The molecular formula is C26H26N4O2. The van der Waals surface area contributed by atoms with E-state index in [0.717, 1.165) is 33.4 Å². The predicted molar refractivity (Wildman–Crippen MR) is 128 cm³/mol. The molecule has 3 rings (SSSR count). The lowest BCUT2D eigenvalue weighted by Crippen LogP contribution is -2.18. The number of hydrogen-bond donors (Lipinski definition) is 2. The fourth-order valence-corrected chi connectivity index (χ4v) is 2.89. The van der Waals surface area contributed by atoms with Crippen molar-refractivity contribution in [3.8, 4) is 0 Å². The molecule has 0 atom stereocenters. The normalized spacial score (nSPS) is 11.1.